The Morgan fingerprint density at radius 3 is 2.75 bits per heavy atom. The van der Waals surface area contributed by atoms with Gasteiger partial charge >= 0.3 is 0 Å². The van der Waals surface area contributed by atoms with Gasteiger partial charge in [-0.1, -0.05) is 6.07 Å². The number of aryl methyl sites for hydroxylation is 3. The van der Waals surface area contributed by atoms with E-state index in [1.807, 2.05) is 19.9 Å². The van der Waals surface area contributed by atoms with Crippen LogP contribution in [0.4, 0.5) is 0 Å². The van der Waals surface area contributed by atoms with Crippen LogP contribution in [-0.4, -0.2) is 9.55 Å². The first kappa shape index (κ1) is 10.7. The van der Waals surface area contributed by atoms with Crippen molar-refractivity contribution in [2.24, 2.45) is 0 Å². The Hall–Kier alpha value is -1.84. The Morgan fingerprint density at radius 2 is 2.12 bits per heavy atom. The van der Waals surface area contributed by atoms with Gasteiger partial charge in [-0.15, -0.1) is 0 Å². The summed E-state index contributed by atoms with van der Waals surface area (Å²) in [5.74, 6) is 1.37. The fraction of sp³-hybridized carbons (Fsp3) is 0.333. The molecule has 4 heteroatoms. The molecule has 0 aliphatic rings. The average Bonchev–Trinajstić information content (AvgIpc) is 2.54. The minimum Gasteiger partial charge on any atom is -0.444 e. The van der Waals surface area contributed by atoms with Gasteiger partial charge in [0.2, 0.25) is 5.89 Å². The second-order valence-electron chi connectivity index (χ2n) is 3.87. The van der Waals surface area contributed by atoms with Crippen molar-refractivity contribution in [1.29, 1.82) is 0 Å². The molecule has 0 aliphatic carbocycles. The van der Waals surface area contributed by atoms with Crippen LogP contribution in [0.3, 0.4) is 0 Å². The molecule has 0 aromatic carbocycles. The standard InChI is InChI=1S/C12H14N2O2/c1-8-5-4-6-14(12(8)15)7-11-13-9(2)10(3)16-11/h4-6H,7H2,1-3H3. The first-order valence-electron chi connectivity index (χ1n) is 5.17. The third-order valence-electron chi connectivity index (χ3n) is 2.59. The molecule has 0 N–H and O–H groups in total. The summed E-state index contributed by atoms with van der Waals surface area (Å²) < 4.78 is 7.04. The van der Waals surface area contributed by atoms with E-state index in [0.717, 1.165) is 17.0 Å². The summed E-state index contributed by atoms with van der Waals surface area (Å²) in [5.41, 5.74) is 1.59. The Kier molecular flexibility index (Phi) is 2.64. The first-order valence-corrected chi connectivity index (χ1v) is 5.17. The zero-order chi connectivity index (χ0) is 11.7. The molecule has 0 aliphatic heterocycles. The van der Waals surface area contributed by atoms with Gasteiger partial charge in [0.05, 0.1) is 5.69 Å². The highest BCUT2D eigenvalue weighted by atomic mass is 16.4. The molecule has 0 fully saturated rings. The van der Waals surface area contributed by atoms with E-state index in [-0.39, 0.29) is 5.56 Å². The van der Waals surface area contributed by atoms with Crippen molar-refractivity contribution in [3.8, 4) is 0 Å². The number of nitrogens with zero attached hydrogens (tertiary/aromatic N) is 2. The van der Waals surface area contributed by atoms with Crippen molar-refractivity contribution in [2.45, 2.75) is 27.3 Å². The zero-order valence-electron chi connectivity index (χ0n) is 9.65. The predicted molar refractivity (Wildman–Crippen MR) is 60.5 cm³/mol. The normalized spacial score (nSPS) is 10.7. The van der Waals surface area contributed by atoms with Crippen molar-refractivity contribution in [3.05, 3.63) is 51.6 Å². The molecule has 2 heterocycles. The monoisotopic (exact) mass is 218 g/mol. The molecule has 0 radical (unpaired) electrons. The smallest absolute Gasteiger partial charge is 0.253 e. The maximum absolute atomic E-state index is 11.8. The lowest BCUT2D eigenvalue weighted by Gasteiger charge is -2.02. The summed E-state index contributed by atoms with van der Waals surface area (Å²) in [6, 6.07) is 3.64. The van der Waals surface area contributed by atoms with Crippen LogP contribution in [0.2, 0.25) is 0 Å². The lowest BCUT2D eigenvalue weighted by Crippen LogP contribution is -2.21. The number of rotatable bonds is 2. The number of hydrogen-bond acceptors (Lipinski definition) is 3. The molecule has 0 spiro atoms. The van der Waals surface area contributed by atoms with Crippen LogP contribution >= 0.6 is 0 Å². The number of oxazole rings is 1. The van der Waals surface area contributed by atoms with E-state index in [4.69, 9.17) is 4.42 Å². The first-order chi connectivity index (χ1) is 7.58. The van der Waals surface area contributed by atoms with Gasteiger partial charge in [-0.3, -0.25) is 4.79 Å². The number of hydrogen-bond donors (Lipinski definition) is 0. The fourth-order valence-electron chi connectivity index (χ4n) is 1.53. The maximum Gasteiger partial charge on any atom is 0.253 e. The SMILES string of the molecule is Cc1nc(Cn2cccc(C)c2=O)oc1C. The molecular formula is C12H14N2O2. The van der Waals surface area contributed by atoms with E-state index in [1.54, 1.807) is 23.8 Å². The summed E-state index contributed by atoms with van der Waals surface area (Å²) in [6.45, 7) is 5.94. The van der Waals surface area contributed by atoms with E-state index in [0.29, 0.717) is 12.4 Å². The molecule has 4 nitrogen and oxygen atoms in total. The third-order valence-corrected chi connectivity index (χ3v) is 2.59. The van der Waals surface area contributed by atoms with E-state index >= 15 is 0 Å². The van der Waals surface area contributed by atoms with Crippen molar-refractivity contribution >= 4 is 0 Å². The summed E-state index contributed by atoms with van der Waals surface area (Å²) in [5, 5.41) is 0. The third kappa shape index (κ3) is 1.91. The molecule has 0 bridgehead atoms. The zero-order valence-corrected chi connectivity index (χ0v) is 9.65. The van der Waals surface area contributed by atoms with Gasteiger partial charge in [0.25, 0.3) is 5.56 Å². The average molecular weight is 218 g/mol. The quantitative estimate of drug-likeness (QED) is 0.772. The summed E-state index contributed by atoms with van der Waals surface area (Å²) in [7, 11) is 0. The molecule has 2 aromatic heterocycles. The summed E-state index contributed by atoms with van der Waals surface area (Å²) in [4.78, 5) is 16.0. The van der Waals surface area contributed by atoms with Crippen molar-refractivity contribution < 1.29 is 4.42 Å². The van der Waals surface area contributed by atoms with Crippen molar-refractivity contribution in [2.75, 3.05) is 0 Å². The summed E-state index contributed by atoms with van der Waals surface area (Å²) in [6.07, 6.45) is 1.74. The lowest BCUT2D eigenvalue weighted by atomic mass is 10.3. The molecule has 16 heavy (non-hydrogen) atoms. The van der Waals surface area contributed by atoms with E-state index in [2.05, 4.69) is 4.98 Å². The molecular weight excluding hydrogens is 204 g/mol. The Balaban J connectivity index is 2.34. The molecule has 0 atom stereocenters. The van der Waals surface area contributed by atoms with Gasteiger partial charge in [-0.25, -0.2) is 4.98 Å². The van der Waals surface area contributed by atoms with Gasteiger partial charge in [0, 0.05) is 11.8 Å². The van der Waals surface area contributed by atoms with Crippen LogP contribution in [0.15, 0.2) is 27.5 Å². The van der Waals surface area contributed by atoms with Crippen LogP contribution in [0, 0.1) is 20.8 Å². The van der Waals surface area contributed by atoms with Gasteiger partial charge in [-0.05, 0) is 26.8 Å². The van der Waals surface area contributed by atoms with E-state index < -0.39 is 0 Å². The van der Waals surface area contributed by atoms with Crippen LogP contribution in [0.1, 0.15) is 22.9 Å². The number of aromatic nitrogens is 2. The lowest BCUT2D eigenvalue weighted by molar-refractivity contribution is 0.453. The van der Waals surface area contributed by atoms with Crippen molar-refractivity contribution in [3.63, 3.8) is 0 Å². The predicted octanol–water partition coefficient (Wildman–Crippen LogP) is 1.81. The van der Waals surface area contributed by atoms with E-state index in [1.165, 1.54) is 0 Å². The second kappa shape index (κ2) is 3.96. The minimum atomic E-state index is -0.00370. The topological polar surface area (TPSA) is 48.0 Å². The van der Waals surface area contributed by atoms with Gasteiger partial charge < -0.3 is 8.98 Å². The van der Waals surface area contributed by atoms with Gasteiger partial charge in [0.15, 0.2) is 0 Å². The highest BCUT2D eigenvalue weighted by molar-refractivity contribution is 5.09. The molecule has 0 saturated heterocycles. The largest absolute Gasteiger partial charge is 0.444 e. The van der Waals surface area contributed by atoms with Crippen LogP contribution < -0.4 is 5.56 Å². The molecule has 2 rings (SSSR count). The van der Waals surface area contributed by atoms with Gasteiger partial charge in [-0.2, -0.15) is 0 Å². The maximum atomic E-state index is 11.8. The molecule has 0 saturated carbocycles. The van der Waals surface area contributed by atoms with Crippen LogP contribution in [0.25, 0.3) is 0 Å². The molecule has 0 amide bonds. The Bertz CT molecular complexity index is 547. The van der Waals surface area contributed by atoms with Crippen LogP contribution in [-0.2, 0) is 6.54 Å². The molecule has 2 aromatic rings. The Labute approximate surface area is 93.6 Å². The fourth-order valence-corrected chi connectivity index (χ4v) is 1.53. The van der Waals surface area contributed by atoms with E-state index in [9.17, 15) is 4.79 Å². The van der Waals surface area contributed by atoms with Gasteiger partial charge in [0.1, 0.15) is 12.3 Å². The highest BCUT2D eigenvalue weighted by Crippen LogP contribution is 2.08. The number of pyridine rings is 1. The molecule has 84 valence electrons. The van der Waals surface area contributed by atoms with Crippen molar-refractivity contribution in [1.82, 2.24) is 9.55 Å². The highest BCUT2D eigenvalue weighted by Gasteiger charge is 2.07. The minimum absolute atomic E-state index is 0.00370. The van der Waals surface area contributed by atoms with Crippen LogP contribution in [0.5, 0.6) is 0 Å². The Morgan fingerprint density at radius 1 is 1.38 bits per heavy atom. The second-order valence-corrected chi connectivity index (χ2v) is 3.87. The molecule has 0 unspecified atom stereocenters. The summed E-state index contributed by atoms with van der Waals surface area (Å²) >= 11 is 0.